The standard InChI is InChI=1S/C14H15N3O3/c1-9-6-11(17-16-9)8-14(18)15-10-2-3-12-13(7-10)20-5-4-19-12/h2-3,6-7H,4-5,8H2,1H3,(H,15,18)(H,16,17). The van der Waals surface area contributed by atoms with Crippen LogP contribution in [0, 0.1) is 6.92 Å². The lowest BCUT2D eigenvalue weighted by Crippen LogP contribution is -2.17. The lowest BCUT2D eigenvalue weighted by Gasteiger charge is -2.18. The van der Waals surface area contributed by atoms with Crippen molar-refractivity contribution in [1.82, 2.24) is 10.2 Å². The van der Waals surface area contributed by atoms with Gasteiger partial charge in [-0.25, -0.2) is 0 Å². The molecule has 2 N–H and O–H groups in total. The van der Waals surface area contributed by atoms with Crippen LogP contribution in [-0.2, 0) is 11.2 Å². The van der Waals surface area contributed by atoms with Crippen LogP contribution in [0.1, 0.15) is 11.4 Å². The number of aryl methyl sites for hydroxylation is 1. The summed E-state index contributed by atoms with van der Waals surface area (Å²) in [7, 11) is 0. The number of nitrogens with zero attached hydrogens (tertiary/aromatic N) is 1. The van der Waals surface area contributed by atoms with Crippen molar-refractivity contribution in [1.29, 1.82) is 0 Å². The second kappa shape index (κ2) is 5.24. The number of aromatic nitrogens is 2. The Balaban J connectivity index is 1.66. The lowest BCUT2D eigenvalue weighted by atomic mass is 10.2. The summed E-state index contributed by atoms with van der Waals surface area (Å²) in [6.45, 7) is 2.98. The monoisotopic (exact) mass is 273 g/mol. The topological polar surface area (TPSA) is 76.2 Å². The molecule has 3 rings (SSSR count). The van der Waals surface area contributed by atoms with Crippen LogP contribution in [0.25, 0.3) is 0 Å². The molecule has 0 aliphatic carbocycles. The normalized spacial score (nSPS) is 13.1. The largest absolute Gasteiger partial charge is 0.486 e. The molecule has 0 radical (unpaired) electrons. The van der Waals surface area contributed by atoms with Gasteiger partial charge in [0.2, 0.25) is 5.91 Å². The zero-order valence-corrected chi connectivity index (χ0v) is 11.1. The highest BCUT2D eigenvalue weighted by molar-refractivity contribution is 5.92. The van der Waals surface area contributed by atoms with E-state index in [0.29, 0.717) is 30.4 Å². The molecule has 1 aliphatic rings. The van der Waals surface area contributed by atoms with Crippen molar-refractivity contribution in [2.75, 3.05) is 18.5 Å². The quantitative estimate of drug-likeness (QED) is 0.892. The van der Waals surface area contributed by atoms with Gasteiger partial charge in [-0.2, -0.15) is 5.10 Å². The molecule has 1 aliphatic heterocycles. The van der Waals surface area contributed by atoms with E-state index in [2.05, 4.69) is 15.5 Å². The predicted molar refractivity (Wildman–Crippen MR) is 73.1 cm³/mol. The van der Waals surface area contributed by atoms with Gasteiger partial charge in [0.25, 0.3) is 0 Å². The number of H-pyrrole nitrogens is 1. The number of hydrogen-bond donors (Lipinski definition) is 2. The lowest BCUT2D eigenvalue weighted by molar-refractivity contribution is -0.115. The highest BCUT2D eigenvalue weighted by Crippen LogP contribution is 2.32. The van der Waals surface area contributed by atoms with Crippen molar-refractivity contribution in [2.45, 2.75) is 13.3 Å². The summed E-state index contributed by atoms with van der Waals surface area (Å²) >= 11 is 0. The molecule has 0 fully saturated rings. The molecule has 20 heavy (non-hydrogen) atoms. The van der Waals surface area contributed by atoms with Crippen LogP contribution in [0.2, 0.25) is 0 Å². The fourth-order valence-electron chi connectivity index (χ4n) is 2.06. The van der Waals surface area contributed by atoms with Crippen LogP contribution < -0.4 is 14.8 Å². The van der Waals surface area contributed by atoms with Crippen LogP contribution in [0.4, 0.5) is 5.69 Å². The van der Waals surface area contributed by atoms with Crippen molar-refractivity contribution in [3.8, 4) is 11.5 Å². The van der Waals surface area contributed by atoms with Crippen molar-refractivity contribution < 1.29 is 14.3 Å². The second-order valence-corrected chi connectivity index (χ2v) is 4.63. The van der Waals surface area contributed by atoms with Crippen molar-refractivity contribution in [2.24, 2.45) is 0 Å². The van der Waals surface area contributed by atoms with Crippen LogP contribution in [0.15, 0.2) is 24.3 Å². The maximum atomic E-state index is 11.9. The maximum absolute atomic E-state index is 11.9. The van der Waals surface area contributed by atoms with E-state index in [1.807, 2.05) is 13.0 Å². The summed E-state index contributed by atoms with van der Waals surface area (Å²) in [6, 6.07) is 7.20. The molecule has 0 saturated heterocycles. The maximum Gasteiger partial charge on any atom is 0.230 e. The van der Waals surface area contributed by atoms with E-state index < -0.39 is 0 Å². The Bertz CT molecular complexity index is 636. The number of rotatable bonds is 3. The Kier molecular flexibility index (Phi) is 3.28. The predicted octanol–water partition coefficient (Wildman–Crippen LogP) is 1.67. The molecule has 0 saturated carbocycles. The molecule has 104 valence electrons. The van der Waals surface area contributed by atoms with E-state index in [9.17, 15) is 4.79 Å². The van der Waals surface area contributed by atoms with Crippen LogP contribution in [0.5, 0.6) is 11.5 Å². The van der Waals surface area contributed by atoms with Gasteiger partial charge in [0.05, 0.1) is 12.1 Å². The van der Waals surface area contributed by atoms with Crippen molar-refractivity contribution in [3.05, 3.63) is 35.7 Å². The smallest absolute Gasteiger partial charge is 0.230 e. The minimum atomic E-state index is -0.117. The number of carbonyl (C=O) groups excluding carboxylic acids is 1. The first-order valence-electron chi connectivity index (χ1n) is 6.41. The molecule has 0 spiro atoms. The number of carbonyl (C=O) groups is 1. The van der Waals surface area contributed by atoms with E-state index in [4.69, 9.17) is 9.47 Å². The Hall–Kier alpha value is -2.50. The minimum Gasteiger partial charge on any atom is -0.486 e. The van der Waals surface area contributed by atoms with Gasteiger partial charge >= 0.3 is 0 Å². The van der Waals surface area contributed by atoms with E-state index >= 15 is 0 Å². The van der Waals surface area contributed by atoms with Gasteiger partial charge < -0.3 is 14.8 Å². The third kappa shape index (κ3) is 2.74. The van der Waals surface area contributed by atoms with Crippen molar-refractivity contribution >= 4 is 11.6 Å². The molecule has 2 heterocycles. The van der Waals surface area contributed by atoms with Crippen LogP contribution >= 0.6 is 0 Å². The minimum absolute atomic E-state index is 0.117. The molecule has 1 amide bonds. The average molecular weight is 273 g/mol. The molecule has 0 bridgehead atoms. The van der Waals surface area contributed by atoms with Gasteiger partial charge in [0.1, 0.15) is 13.2 Å². The van der Waals surface area contributed by atoms with Crippen LogP contribution in [0.3, 0.4) is 0 Å². The van der Waals surface area contributed by atoms with E-state index in [1.165, 1.54) is 0 Å². The van der Waals surface area contributed by atoms with E-state index in [0.717, 1.165) is 11.4 Å². The van der Waals surface area contributed by atoms with Gasteiger partial charge in [-0.15, -0.1) is 0 Å². The summed E-state index contributed by atoms with van der Waals surface area (Å²) in [6.07, 6.45) is 0.235. The first-order chi connectivity index (χ1) is 9.70. The Labute approximate surface area is 116 Å². The number of ether oxygens (including phenoxy) is 2. The fraction of sp³-hybridized carbons (Fsp3) is 0.286. The second-order valence-electron chi connectivity index (χ2n) is 4.63. The first-order valence-corrected chi connectivity index (χ1v) is 6.41. The molecule has 1 aromatic heterocycles. The molecular formula is C14H15N3O3. The van der Waals surface area contributed by atoms with Gasteiger partial charge in [0.15, 0.2) is 11.5 Å². The third-order valence-corrected chi connectivity index (χ3v) is 2.93. The zero-order chi connectivity index (χ0) is 13.9. The fourth-order valence-corrected chi connectivity index (χ4v) is 2.06. The van der Waals surface area contributed by atoms with Gasteiger partial charge in [-0.1, -0.05) is 0 Å². The number of nitrogens with one attached hydrogen (secondary N) is 2. The number of hydrogen-bond acceptors (Lipinski definition) is 4. The summed E-state index contributed by atoms with van der Waals surface area (Å²) in [4.78, 5) is 11.9. The molecular weight excluding hydrogens is 258 g/mol. The highest BCUT2D eigenvalue weighted by Gasteiger charge is 2.13. The Morgan fingerprint density at radius 1 is 1.30 bits per heavy atom. The van der Waals surface area contributed by atoms with Crippen LogP contribution in [-0.4, -0.2) is 29.3 Å². The van der Waals surface area contributed by atoms with Gasteiger partial charge in [-0.05, 0) is 25.1 Å². The SMILES string of the molecule is Cc1cc(CC(=O)Nc2ccc3c(c2)OCCO3)n[nH]1. The number of aromatic amines is 1. The average Bonchev–Trinajstić information content (AvgIpc) is 2.83. The number of benzene rings is 1. The van der Waals surface area contributed by atoms with Gasteiger partial charge in [0, 0.05) is 17.4 Å². The molecule has 6 nitrogen and oxygen atoms in total. The van der Waals surface area contributed by atoms with E-state index in [-0.39, 0.29) is 12.3 Å². The Morgan fingerprint density at radius 2 is 2.10 bits per heavy atom. The number of anilines is 1. The number of fused-ring (bicyclic) bond motifs is 1. The summed E-state index contributed by atoms with van der Waals surface area (Å²) in [5.74, 6) is 1.25. The Morgan fingerprint density at radius 3 is 2.85 bits per heavy atom. The molecule has 0 atom stereocenters. The molecule has 1 aromatic carbocycles. The summed E-state index contributed by atoms with van der Waals surface area (Å²) in [5, 5.41) is 9.67. The summed E-state index contributed by atoms with van der Waals surface area (Å²) in [5.41, 5.74) is 2.34. The highest BCUT2D eigenvalue weighted by atomic mass is 16.6. The van der Waals surface area contributed by atoms with E-state index in [1.54, 1.807) is 18.2 Å². The summed E-state index contributed by atoms with van der Waals surface area (Å²) < 4.78 is 10.9. The molecule has 6 heteroatoms. The zero-order valence-electron chi connectivity index (χ0n) is 11.1. The first kappa shape index (κ1) is 12.5. The molecule has 0 unspecified atom stereocenters. The number of amides is 1. The molecule has 2 aromatic rings. The third-order valence-electron chi connectivity index (χ3n) is 2.93. The van der Waals surface area contributed by atoms with Gasteiger partial charge in [-0.3, -0.25) is 9.89 Å². The van der Waals surface area contributed by atoms with Crippen molar-refractivity contribution in [3.63, 3.8) is 0 Å².